The van der Waals surface area contributed by atoms with Crippen LogP contribution in [0.5, 0.6) is 0 Å². The zero-order valence-electron chi connectivity index (χ0n) is 8.40. The number of hydrogen-bond donors (Lipinski definition) is 0. The third-order valence-corrected chi connectivity index (χ3v) is 4.76. The molecular weight excluding hydrogens is 264 g/mol. The molecule has 0 aromatic heterocycles. The Bertz CT molecular complexity index is 419. The molecule has 5 heteroatoms. The predicted molar refractivity (Wildman–Crippen MR) is 62.6 cm³/mol. The Balaban J connectivity index is 3.29. The molecule has 1 unspecified atom stereocenters. The molecule has 0 spiro atoms. The second-order valence-electron chi connectivity index (χ2n) is 2.95. The monoisotopic (exact) mass is 276 g/mol. The fourth-order valence-corrected chi connectivity index (χ4v) is 2.81. The summed E-state index contributed by atoms with van der Waals surface area (Å²) in [4.78, 5) is 0.730. The van der Waals surface area contributed by atoms with Gasteiger partial charge in [-0.15, -0.1) is 0 Å². The van der Waals surface area contributed by atoms with Crippen LogP contribution in [-0.2, 0) is 9.92 Å². The molecule has 0 aliphatic rings. The summed E-state index contributed by atoms with van der Waals surface area (Å²) in [7, 11) is 2.69. The van der Waals surface area contributed by atoms with Crippen molar-refractivity contribution in [3.63, 3.8) is 0 Å². The Morgan fingerprint density at radius 3 is 2.14 bits per heavy atom. The number of hydrogen-bond acceptors (Lipinski definition) is 2. The highest BCUT2D eigenvalue weighted by Gasteiger charge is 2.13. The molecule has 3 nitrogen and oxygen atoms in total. The van der Waals surface area contributed by atoms with E-state index in [1.54, 1.807) is 25.4 Å². The third-order valence-electron chi connectivity index (χ3n) is 1.86. The topological polar surface area (TPSA) is 32.7 Å². The molecule has 0 saturated carbocycles. The Kier molecular flexibility index (Phi) is 3.69. The first-order valence-electron chi connectivity index (χ1n) is 4.09. The van der Waals surface area contributed by atoms with Crippen molar-refractivity contribution >= 4 is 25.8 Å². The minimum Gasteiger partial charge on any atom is -0.228 e. The molecule has 0 N–H and O–H groups in total. The Hall–Kier alpha value is -0.390. The van der Waals surface area contributed by atoms with Crippen molar-refractivity contribution in [2.75, 3.05) is 21.1 Å². The lowest BCUT2D eigenvalue weighted by atomic mass is 10.4. The molecule has 78 valence electrons. The summed E-state index contributed by atoms with van der Waals surface area (Å²) in [6.07, 6.45) is 0. The van der Waals surface area contributed by atoms with Gasteiger partial charge < -0.3 is 0 Å². The van der Waals surface area contributed by atoms with Gasteiger partial charge in [-0.05, 0) is 24.3 Å². The zero-order valence-corrected chi connectivity index (χ0v) is 10.8. The summed E-state index contributed by atoms with van der Waals surface area (Å²) in [5, 5.41) is 0. The van der Waals surface area contributed by atoms with Gasteiger partial charge in [0.15, 0.2) is 0 Å². The first kappa shape index (κ1) is 11.7. The van der Waals surface area contributed by atoms with Crippen molar-refractivity contribution in [2.45, 2.75) is 4.90 Å². The summed E-state index contributed by atoms with van der Waals surface area (Å²) in [6.45, 7) is 0. The van der Waals surface area contributed by atoms with Crippen molar-refractivity contribution in [1.29, 1.82) is 0 Å². The first-order valence-corrected chi connectivity index (χ1v) is 6.35. The molecule has 1 rings (SSSR count). The van der Waals surface area contributed by atoms with Gasteiger partial charge in [0.2, 0.25) is 0 Å². The van der Waals surface area contributed by atoms with E-state index in [-0.39, 0.29) is 0 Å². The maximum absolute atomic E-state index is 12.3. The van der Waals surface area contributed by atoms with E-state index in [4.69, 9.17) is 0 Å². The summed E-state index contributed by atoms with van der Waals surface area (Å²) < 4.78 is 18.9. The van der Waals surface area contributed by atoms with Gasteiger partial charge in [0.1, 0.15) is 9.92 Å². The van der Waals surface area contributed by atoms with Crippen LogP contribution in [0.4, 0.5) is 0 Å². The molecule has 1 aromatic rings. The van der Waals surface area contributed by atoms with Gasteiger partial charge in [-0.25, -0.2) is 12.9 Å². The van der Waals surface area contributed by atoms with Crippen LogP contribution in [0.15, 0.2) is 38.0 Å². The number of benzene rings is 1. The standard InChI is InChI=1S/C9H13BrN2OS/c1-11-14(13,12(2)3)9-6-4-8(10)5-7-9/h4-7H,1-3H3. The van der Waals surface area contributed by atoms with E-state index < -0.39 is 9.92 Å². The Morgan fingerprint density at radius 1 is 1.29 bits per heavy atom. The van der Waals surface area contributed by atoms with Crippen molar-refractivity contribution < 1.29 is 4.21 Å². The zero-order chi connectivity index (χ0) is 10.8. The lowest BCUT2D eigenvalue weighted by Gasteiger charge is -2.16. The second kappa shape index (κ2) is 4.42. The summed E-state index contributed by atoms with van der Waals surface area (Å²) in [6, 6.07) is 7.37. The lowest BCUT2D eigenvalue weighted by molar-refractivity contribution is 0.591. The average molecular weight is 277 g/mol. The smallest absolute Gasteiger partial charge is 0.139 e. The molecule has 0 aliphatic heterocycles. The Morgan fingerprint density at radius 2 is 1.79 bits per heavy atom. The summed E-state index contributed by atoms with van der Waals surface area (Å²) in [5.41, 5.74) is 0. The van der Waals surface area contributed by atoms with Gasteiger partial charge in [-0.3, -0.25) is 0 Å². The minimum atomic E-state index is -2.40. The van der Waals surface area contributed by atoms with E-state index in [0.717, 1.165) is 9.37 Å². The van der Waals surface area contributed by atoms with Gasteiger partial charge >= 0.3 is 0 Å². The number of rotatable bonds is 2. The van der Waals surface area contributed by atoms with E-state index in [9.17, 15) is 4.21 Å². The van der Waals surface area contributed by atoms with Crippen LogP contribution in [0, 0.1) is 0 Å². The van der Waals surface area contributed by atoms with Crippen LogP contribution in [0.25, 0.3) is 0 Å². The van der Waals surface area contributed by atoms with Gasteiger partial charge in [-0.2, -0.15) is 0 Å². The van der Waals surface area contributed by atoms with E-state index in [1.807, 2.05) is 24.3 Å². The fraction of sp³-hybridized carbons (Fsp3) is 0.333. The largest absolute Gasteiger partial charge is 0.228 e. The van der Waals surface area contributed by atoms with Crippen molar-refractivity contribution in [2.24, 2.45) is 4.36 Å². The molecule has 1 aromatic carbocycles. The maximum Gasteiger partial charge on any atom is 0.139 e. The summed E-state index contributed by atoms with van der Waals surface area (Å²) in [5.74, 6) is 0. The molecular formula is C9H13BrN2OS. The lowest BCUT2D eigenvalue weighted by Crippen LogP contribution is -2.21. The molecule has 0 bridgehead atoms. The van der Waals surface area contributed by atoms with Crippen LogP contribution in [0.2, 0.25) is 0 Å². The van der Waals surface area contributed by atoms with Gasteiger partial charge in [-0.1, -0.05) is 15.9 Å². The SMILES string of the molecule is CN=S(=O)(c1ccc(Br)cc1)N(C)C. The highest BCUT2D eigenvalue weighted by atomic mass is 79.9. The van der Waals surface area contributed by atoms with E-state index in [2.05, 4.69) is 20.3 Å². The molecule has 0 heterocycles. The highest BCUT2D eigenvalue weighted by molar-refractivity contribution is 9.10. The molecule has 0 radical (unpaired) electrons. The minimum absolute atomic E-state index is 0.730. The van der Waals surface area contributed by atoms with Crippen molar-refractivity contribution in [3.05, 3.63) is 28.7 Å². The average Bonchev–Trinajstić information content (AvgIpc) is 2.17. The third kappa shape index (κ3) is 2.16. The van der Waals surface area contributed by atoms with Crippen molar-refractivity contribution in [3.8, 4) is 0 Å². The van der Waals surface area contributed by atoms with E-state index in [1.165, 1.54) is 0 Å². The quantitative estimate of drug-likeness (QED) is 0.817. The molecule has 1 atom stereocenters. The normalized spacial score (nSPS) is 15.2. The van der Waals surface area contributed by atoms with Crippen LogP contribution in [0.3, 0.4) is 0 Å². The summed E-state index contributed by atoms with van der Waals surface area (Å²) >= 11 is 3.33. The fourth-order valence-electron chi connectivity index (χ4n) is 1.09. The molecule has 0 amide bonds. The highest BCUT2D eigenvalue weighted by Crippen LogP contribution is 2.18. The van der Waals surface area contributed by atoms with Crippen molar-refractivity contribution in [1.82, 2.24) is 4.31 Å². The predicted octanol–water partition coefficient (Wildman–Crippen LogP) is 2.38. The molecule has 0 fully saturated rings. The van der Waals surface area contributed by atoms with Gasteiger partial charge in [0, 0.05) is 25.6 Å². The van der Waals surface area contributed by atoms with Crippen LogP contribution >= 0.6 is 15.9 Å². The maximum atomic E-state index is 12.3. The number of nitrogens with zero attached hydrogens (tertiary/aromatic N) is 2. The number of halogens is 1. The molecule has 14 heavy (non-hydrogen) atoms. The first-order chi connectivity index (χ1) is 6.50. The van der Waals surface area contributed by atoms with E-state index >= 15 is 0 Å². The van der Waals surface area contributed by atoms with Crippen LogP contribution in [0.1, 0.15) is 0 Å². The molecule has 0 aliphatic carbocycles. The van der Waals surface area contributed by atoms with Crippen LogP contribution < -0.4 is 0 Å². The van der Waals surface area contributed by atoms with Crippen LogP contribution in [-0.4, -0.2) is 29.7 Å². The van der Waals surface area contributed by atoms with Gasteiger partial charge in [0.05, 0.1) is 4.90 Å². The second-order valence-corrected chi connectivity index (χ2v) is 6.42. The van der Waals surface area contributed by atoms with Gasteiger partial charge in [0.25, 0.3) is 0 Å². The van der Waals surface area contributed by atoms with E-state index in [0.29, 0.717) is 0 Å². The Labute approximate surface area is 93.6 Å². The molecule has 0 saturated heterocycles.